The fourth-order valence-corrected chi connectivity index (χ4v) is 6.16. The summed E-state index contributed by atoms with van der Waals surface area (Å²) in [4.78, 5) is 13.0. The fraction of sp³-hybridized carbons (Fsp3) is 0.226. The number of hydrogen-bond donors (Lipinski definition) is 3. The van der Waals surface area contributed by atoms with E-state index in [4.69, 9.17) is 23.8 Å². The molecule has 13 nitrogen and oxygen atoms in total. The highest BCUT2D eigenvalue weighted by molar-refractivity contribution is 7.92. The number of sulfonamides is 2. The largest absolute Gasteiger partial charge is 0.321 e. The van der Waals surface area contributed by atoms with Crippen LogP contribution >= 0.6 is 0 Å². The number of nitrogens with zero attached hydrogens (tertiary/aromatic N) is 1. The minimum atomic E-state index is -4.94. The molecule has 4 N–H and O–H groups in total. The Hall–Kier alpha value is -3.93. The Bertz CT molecular complexity index is 1860. The number of aromatic nitrogens is 1. The molecule has 0 unspecified atom stereocenters. The molecular formula is C31H35ClN4O9S2. The first-order chi connectivity index (χ1) is 21.7. The average molecular weight is 707 g/mol. The quantitative estimate of drug-likeness (QED) is 0.191. The zero-order valence-corrected chi connectivity index (χ0v) is 28.3. The lowest BCUT2D eigenvalue weighted by Crippen LogP contribution is -2.68. The molecule has 1 heterocycles. The van der Waals surface area contributed by atoms with Gasteiger partial charge in [0.15, 0.2) is 11.4 Å². The van der Waals surface area contributed by atoms with E-state index >= 15 is 0 Å². The van der Waals surface area contributed by atoms with E-state index < -0.39 is 30.3 Å². The van der Waals surface area contributed by atoms with Gasteiger partial charge in [-0.25, -0.2) is 40.6 Å². The van der Waals surface area contributed by atoms with Gasteiger partial charge in [0.1, 0.15) is 0 Å². The van der Waals surface area contributed by atoms with Crippen molar-refractivity contribution < 1.29 is 55.1 Å². The zero-order chi connectivity index (χ0) is 35.2. The van der Waals surface area contributed by atoms with E-state index in [0.29, 0.717) is 5.69 Å². The maximum absolute atomic E-state index is 13.2. The average Bonchev–Trinajstić information content (AvgIpc) is 2.96. The summed E-state index contributed by atoms with van der Waals surface area (Å²) in [5.74, 6) is 0.110. The first-order valence-electron chi connectivity index (χ1n) is 14.0. The number of carbonyl (C=O) groups excluding carboxylic acids is 1. The number of hydrogen-bond acceptors (Lipinski definition) is 9. The van der Waals surface area contributed by atoms with Crippen LogP contribution in [0.25, 0.3) is 11.1 Å². The summed E-state index contributed by atoms with van der Waals surface area (Å²) in [5, 5.41) is 7.96. The van der Waals surface area contributed by atoms with Gasteiger partial charge >= 0.3 is 0 Å². The molecule has 0 spiro atoms. The van der Waals surface area contributed by atoms with E-state index in [0.717, 1.165) is 22.5 Å². The molecule has 0 atom stereocenters. The van der Waals surface area contributed by atoms with Crippen LogP contribution in [0.2, 0.25) is 0 Å². The van der Waals surface area contributed by atoms with E-state index in [1.165, 1.54) is 48.5 Å². The Morgan fingerprint density at radius 2 is 1.17 bits per heavy atom. The highest BCUT2D eigenvalue weighted by Gasteiger charge is 2.26. The first-order valence-corrected chi connectivity index (χ1v) is 18.3. The van der Waals surface area contributed by atoms with Gasteiger partial charge in [-0.3, -0.25) is 9.52 Å². The lowest BCUT2D eigenvalue weighted by atomic mass is 9.97. The van der Waals surface area contributed by atoms with Crippen molar-refractivity contribution in [2.45, 2.75) is 55.9 Å². The molecule has 0 bridgehead atoms. The SMILES string of the molecule is CC(C)c1cc(-c2ccccc2)cc(C(C)C)[n+]1CC(=O)Nc1ccc(S(=O)(=O)Nc2ccc(S(N)(=O)=O)cc2)cc1.[O-][Cl+3]([O-])([O-])[O-]. The molecular weight excluding hydrogens is 672 g/mol. The van der Waals surface area contributed by atoms with Gasteiger partial charge in [-0.1, -0.05) is 58.0 Å². The number of halogens is 1. The number of benzene rings is 3. The van der Waals surface area contributed by atoms with Crippen LogP contribution in [0.4, 0.5) is 11.4 Å². The second kappa shape index (κ2) is 15.3. The third kappa shape index (κ3) is 11.4. The summed E-state index contributed by atoms with van der Waals surface area (Å²) in [7, 11) is -12.8. The molecule has 0 radical (unpaired) electrons. The van der Waals surface area contributed by atoms with Crippen molar-refractivity contribution in [1.82, 2.24) is 0 Å². The smallest absolute Gasteiger partial charge is 0.290 e. The second-order valence-electron chi connectivity index (χ2n) is 11.0. The minimum absolute atomic E-state index is 0.0221. The van der Waals surface area contributed by atoms with E-state index in [2.05, 4.69) is 66.6 Å². The molecule has 47 heavy (non-hydrogen) atoms. The highest BCUT2D eigenvalue weighted by atomic mass is 35.7. The van der Waals surface area contributed by atoms with Crippen molar-refractivity contribution in [1.29, 1.82) is 0 Å². The molecule has 1 amide bonds. The molecule has 0 saturated carbocycles. The van der Waals surface area contributed by atoms with Crippen LogP contribution in [-0.4, -0.2) is 22.7 Å². The molecule has 4 rings (SSSR count). The first kappa shape index (κ1) is 37.5. The number of nitrogens with one attached hydrogen (secondary N) is 2. The van der Waals surface area contributed by atoms with E-state index in [9.17, 15) is 21.6 Å². The van der Waals surface area contributed by atoms with Crippen LogP contribution in [0, 0.1) is 10.2 Å². The predicted octanol–water partition coefficient (Wildman–Crippen LogP) is 0.219. The lowest BCUT2D eigenvalue weighted by Gasteiger charge is -2.17. The van der Waals surface area contributed by atoms with Crippen LogP contribution in [0.5, 0.6) is 0 Å². The maximum Gasteiger partial charge on any atom is 0.290 e. The number of pyridine rings is 1. The number of anilines is 2. The summed E-state index contributed by atoms with van der Waals surface area (Å²) in [5.41, 5.74) is 4.93. The number of nitrogens with two attached hydrogens (primary N) is 1. The summed E-state index contributed by atoms with van der Waals surface area (Å²) in [6, 6.07) is 25.3. The van der Waals surface area contributed by atoms with Crippen LogP contribution < -0.4 is 38.4 Å². The Morgan fingerprint density at radius 1 is 0.723 bits per heavy atom. The molecule has 1 aromatic heterocycles. The third-order valence-electron chi connectivity index (χ3n) is 6.71. The van der Waals surface area contributed by atoms with Crippen molar-refractivity contribution in [2.75, 3.05) is 10.0 Å². The van der Waals surface area contributed by atoms with E-state index in [1.807, 2.05) is 18.2 Å². The number of amides is 1. The third-order valence-corrected chi connectivity index (χ3v) is 9.03. The van der Waals surface area contributed by atoms with Crippen LogP contribution in [0.15, 0.2) is 101 Å². The van der Waals surface area contributed by atoms with Crippen LogP contribution in [-0.2, 0) is 31.4 Å². The Labute approximate surface area is 276 Å². The molecule has 0 aliphatic carbocycles. The van der Waals surface area contributed by atoms with Gasteiger partial charge in [0, 0.05) is 35.3 Å². The van der Waals surface area contributed by atoms with Crippen molar-refractivity contribution in [3.8, 4) is 11.1 Å². The Kier molecular flexibility index (Phi) is 12.2. The van der Waals surface area contributed by atoms with Gasteiger partial charge in [-0.05, 0) is 59.7 Å². The van der Waals surface area contributed by atoms with E-state index in [-0.39, 0.29) is 39.8 Å². The van der Waals surface area contributed by atoms with Gasteiger partial charge in [-0.2, -0.15) is 4.57 Å². The summed E-state index contributed by atoms with van der Waals surface area (Å²) < 4.78 is 87.0. The summed E-state index contributed by atoms with van der Waals surface area (Å²) in [6.45, 7) is 8.51. The van der Waals surface area contributed by atoms with Crippen LogP contribution in [0.3, 0.4) is 0 Å². The molecule has 4 aromatic rings. The van der Waals surface area contributed by atoms with Gasteiger partial charge in [0.25, 0.3) is 15.9 Å². The summed E-state index contributed by atoms with van der Waals surface area (Å²) >= 11 is 0. The van der Waals surface area contributed by atoms with Crippen molar-refractivity contribution in [2.24, 2.45) is 5.14 Å². The van der Waals surface area contributed by atoms with Gasteiger partial charge < -0.3 is 5.32 Å². The molecule has 0 aliphatic rings. The molecule has 0 saturated heterocycles. The normalized spacial score (nSPS) is 12.0. The topological polar surface area (TPSA) is 232 Å². The fourth-order valence-electron chi connectivity index (χ4n) is 4.59. The number of carbonyl (C=O) groups is 1. The summed E-state index contributed by atoms with van der Waals surface area (Å²) in [6.07, 6.45) is 0. The monoisotopic (exact) mass is 706 g/mol. The predicted molar refractivity (Wildman–Crippen MR) is 164 cm³/mol. The van der Waals surface area contributed by atoms with Crippen molar-refractivity contribution in [3.63, 3.8) is 0 Å². The van der Waals surface area contributed by atoms with Gasteiger partial charge in [0.2, 0.25) is 16.6 Å². The van der Waals surface area contributed by atoms with Crippen molar-refractivity contribution >= 4 is 37.3 Å². The van der Waals surface area contributed by atoms with Crippen molar-refractivity contribution in [3.05, 3.63) is 102 Å². The number of rotatable bonds is 10. The molecule has 16 heteroatoms. The van der Waals surface area contributed by atoms with Crippen LogP contribution in [0.1, 0.15) is 50.9 Å². The van der Waals surface area contributed by atoms with E-state index in [1.54, 1.807) is 0 Å². The van der Waals surface area contributed by atoms with Gasteiger partial charge in [-0.15, -0.1) is 10.2 Å². The molecule has 252 valence electrons. The standard InChI is InChI=1S/C31H34N4O5S2.ClHO4/c1-21(2)29-18-24(23-8-6-5-7-9-23)19-30(22(3)4)35(29)20-31(36)33-25-10-16-28(17-11-25)42(39,40)34-26-12-14-27(15-13-26)41(32,37)38;2-1(3,4)5/h5-19,21-22,34H,20H2,1-4H3,(H2-,32,33,36,37,38);(H,2,3,4,5). The minimum Gasteiger partial charge on any atom is -0.321 e. The Morgan fingerprint density at radius 3 is 1.62 bits per heavy atom. The second-order valence-corrected chi connectivity index (χ2v) is 15.0. The lowest BCUT2D eigenvalue weighted by molar-refractivity contribution is -2.00. The zero-order valence-electron chi connectivity index (χ0n) is 25.9. The number of primary sulfonamides is 1. The Balaban J connectivity index is 0.00000111. The molecule has 3 aromatic carbocycles. The molecule has 0 aliphatic heterocycles. The van der Waals surface area contributed by atoms with Gasteiger partial charge in [0.05, 0.1) is 9.79 Å². The maximum atomic E-state index is 13.2. The molecule has 0 fully saturated rings. The highest BCUT2D eigenvalue weighted by Crippen LogP contribution is 2.26.